The van der Waals surface area contributed by atoms with Crippen molar-refractivity contribution in [3.63, 3.8) is 0 Å². The Labute approximate surface area is 83.1 Å². The van der Waals surface area contributed by atoms with E-state index < -0.39 is 21.7 Å². The Morgan fingerprint density at radius 2 is 2.14 bits per heavy atom. The van der Waals surface area contributed by atoms with Crippen molar-refractivity contribution in [2.45, 2.75) is 6.42 Å². The van der Waals surface area contributed by atoms with Crippen LogP contribution in [0.4, 0.5) is 0 Å². The predicted octanol–water partition coefficient (Wildman–Crippen LogP) is -1.29. The van der Waals surface area contributed by atoms with Gasteiger partial charge in [-0.1, -0.05) is 0 Å². The van der Waals surface area contributed by atoms with Crippen molar-refractivity contribution in [2.75, 3.05) is 25.7 Å². The Hall–Kier alpha value is -0.660. The molecule has 0 aliphatic rings. The Kier molecular flexibility index (Phi) is 5.66. The molecule has 0 fully saturated rings. The van der Waals surface area contributed by atoms with E-state index in [0.717, 1.165) is 6.26 Å². The lowest BCUT2D eigenvalue weighted by Crippen LogP contribution is -2.34. The van der Waals surface area contributed by atoms with Crippen molar-refractivity contribution in [1.29, 1.82) is 0 Å². The zero-order chi connectivity index (χ0) is 11.2. The lowest BCUT2D eigenvalue weighted by Gasteiger charge is -2.13. The molecule has 6 nitrogen and oxygen atoms in total. The van der Waals surface area contributed by atoms with E-state index in [2.05, 4.69) is 4.84 Å². The minimum Gasteiger partial charge on any atom is -0.396 e. The second-order valence-electron chi connectivity index (χ2n) is 2.97. The van der Waals surface area contributed by atoms with Gasteiger partial charge in [0.2, 0.25) is 5.91 Å². The maximum Gasteiger partial charge on any atom is 0.247 e. The van der Waals surface area contributed by atoms with Crippen LogP contribution >= 0.6 is 0 Å². The number of carbonyl (C=O) groups excluding carboxylic acids is 1. The average molecular weight is 225 g/mol. The Balaban J connectivity index is 4.36. The van der Waals surface area contributed by atoms with E-state index >= 15 is 0 Å². The molecule has 0 aliphatic heterocycles. The van der Waals surface area contributed by atoms with Crippen LogP contribution in [-0.2, 0) is 19.5 Å². The number of nitrogens with one attached hydrogen (secondary N) is 1. The Morgan fingerprint density at radius 1 is 1.57 bits per heavy atom. The lowest BCUT2D eigenvalue weighted by atomic mass is 10.1. The van der Waals surface area contributed by atoms with Crippen LogP contribution < -0.4 is 5.48 Å². The van der Waals surface area contributed by atoms with Crippen molar-refractivity contribution in [1.82, 2.24) is 5.48 Å². The van der Waals surface area contributed by atoms with Crippen LogP contribution in [0.25, 0.3) is 0 Å². The molecular weight excluding hydrogens is 210 g/mol. The van der Waals surface area contributed by atoms with Crippen LogP contribution in [0.15, 0.2) is 0 Å². The SMILES string of the molecule is CONC(=O)C(CCO)CS(C)(=O)=O. The molecule has 7 heteroatoms. The number of hydrogen-bond donors (Lipinski definition) is 2. The van der Waals surface area contributed by atoms with E-state index in [-0.39, 0.29) is 18.8 Å². The lowest BCUT2D eigenvalue weighted by molar-refractivity contribution is -0.135. The first-order chi connectivity index (χ1) is 6.40. The van der Waals surface area contributed by atoms with Crippen molar-refractivity contribution in [2.24, 2.45) is 5.92 Å². The van der Waals surface area contributed by atoms with Gasteiger partial charge in [0.25, 0.3) is 0 Å². The van der Waals surface area contributed by atoms with E-state index in [1.165, 1.54) is 7.11 Å². The molecule has 0 spiro atoms. The molecule has 0 saturated heterocycles. The van der Waals surface area contributed by atoms with Crippen LogP contribution in [0.5, 0.6) is 0 Å². The fraction of sp³-hybridized carbons (Fsp3) is 0.857. The normalized spacial score (nSPS) is 13.6. The van der Waals surface area contributed by atoms with Crippen LogP contribution in [0.3, 0.4) is 0 Å². The first kappa shape index (κ1) is 13.3. The molecule has 2 N–H and O–H groups in total. The van der Waals surface area contributed by atoms with E-state index in [9.17, 15) is 13.2 Å². The number of aliphatic hydroxyl groups is 1. The topological polar surface area (TPSA) is 92.7 Å². The summed E-state index contributed by atoms with van der Waals surface area (Å²) in [6.07, 6.45) is 1.14. The second-order valence-corrected chi connectivity index (χ2v) is 5.16. The average Bonchev–Trinajstić information content (AvgIpc) is 2.01. The third-order valence-corrected chi connectivity index (χ3v) is 2.56. The van der Waals surface area contributed by atoms with Crippen LogP contribution in [0.1, 0.15) is 6.42 Å². The summed E-state index contributed by atoms with van der Waals surface area (Å²) in [7, 11) is -1.98. The smallest absolute Gasteiger partial charge is 0.247 e. The van der Waals surface area contributed by atoms with E-state index in [4.69, 9.17) is 5.11 Å². The van der Waals surface area contributed by atoms with Crippen LogP contribution in [-0.4, -0.2) is 45.2 Å². The molecule has 0 aromatic rings. The van der Waals surface area contributed by atoms with E-state index in [1.807, 2.05) is 5.48 Å². The minimum absolute atomic E-state index is 0.0995. The first-order valence-electron chi connectivity index (χ1n) is 4.02. The Morgan fingerprint density at radius 3 is 2.50 bits per heavy atom. The first-order valence-corrected chi connectivity index (χ1v) is 6.08. The highest BCUT2D eigenvalue weighted by atomic mass is 32.2. The zero-order valence-electron chi connectivity index (χ0n) is 8.19. The van der Waals surface area contributed by atoms with E-state index in [0.29, 0.717) is 0 Å². The second kappa shape index (κ2) is 5.94. The molecule has 1 atom stereocenters. The summed E-state index contributed by atoms with van der Waals surface area (Å²) in [5, 5.41) is 8.63. The van der Waals surface area contributed by atoms with E-state index in [1.54, 1.807) is 0 Å². The molecule has 1 unspecified atom stereocenters. The molecule has 0 aromatic heterocycles. The van der Waals surface area contributed by atoms with Crippen LogP contribution in [0.2, 0.25) is 0 Å². The van der Waals surface area contributed by atoms with Crippen LogP contribution in [0, 0.1) is 5.92 Å². The largest absolute Gasteiger partial charge is 0.396 e. The number of sulfone groups is 1. The molecule has 0 heterocycles. The standard InChI is InChI=1S/C7H15NO5S/c1-13-8-7(10)6(3-4-9)5-14(2,11)12/h6,9H,3-5H2,1-2H3,(H,8,10). The van der Waals surface area contributed by atoms with Gasteiger partial charge < -0.3 is 5.11 Å². The molecular formula is C7H15NO5S. The molecule has 1 amide bonds. The van der Waals surface area contributed by atoms with Gasteiger partial charge in [-0.25, -0.2) is 13.9 Å². The van der Waals surface area contributed by atoms with Crippen molar-refractivity contribution in [3.8, 4) is 0 Å². The summed E-state index contributed by atoms with van der Waals surface area (Å²) >= 11 is 0. The fourth-order valence-corrected chi connectivity index (χ4v) is 2.04. The van der Waals surface area contributed by atoms with Crippen molar-refractivity contribution < 1.29 is 23.2 Å². The monoisotopic (exact) mass is 225 g/mol. The summed E-state index contributed by atoms with van der Waals surface area (Å²) in [6.45, 7) is -0.239. The number of rotatable bonds is 6. The van der Waals surface area contributed by atoms with Crippen molar-refractivity contribution >= 4 is 15.7 Å². The number of carbonyl (C=O) groups is 1. The Bertz CT molecular complexity index is 274. The quantitative estimate of drug-likeness (QED) is 0.548. The fourth-order valence-electron chi connectivity index (χ4n) is 0.995. The van der Waals surface area contributed by atoms with Crippen molar-refractivity contribution in [3.05, 3.63) is 0 Å². The molecule has 84 valence electrons. The van der Waals surface area contributed by atoms with Gasteiger partial charge in [-0.2, -0.15) is 0 Å². The molecule has 0 rings (SSSR count). The van der Waals surface area contributed by atoms with Gasteiger partial charge in [0.1, 0.15) is 9.84 Å². The van der Waals surface area contributed by atoms with Gasteiger partial charge in [0, 0.05) is 12.9 Å². The molecule has 0 radical (unpaired) electrons. The number of amides is 1. The molecule has 14 heavy (non-hydrogen) atoms. The van der Waals surface area contributed by atoms with Gasteiger partial charge in [-0.05, 0) is 6.42 Å². The minimum atomic E-state index is -3.24. The van der Waals surface area contributed by atoms with Gasteiger partial charge in [-0.3, -0.25) is 9.63 Å². The highest BCUT2D eigenvalue weighted by molar-refractivity contribution is 7.90. The third kappa shape index (κ3) is 5.90. The summed E-state index contributed by atoms with van der Waals surface area (Å²) in [5.41, 5.74) is 2.04. The molecule has 0 aromatic carbocycles. The maximum atomic E-state index is 11.2. The van der Waals surface area contributed by atoms with Gasteiger partial charge in [0.15, 0.2) is 0 Å². The zero-order valence-corrected chi connectivity index (χ0v) is 9.00. The number of hydrogen-bond acceptors (Lipinski definition) is 5. The molecule has 0 aliphatic carbocycles. The summed E-state index contributed by atoms with van der Waals surface area (Å²) < 4.78 is 21.8. The molecule has 0 saturated carbocycles. The summed E-state index contributed by atoms with van der Waals surface area (Å²) in [5.74, 6) is -1.59. The maximum absolute atomic E-state index is 11.2. The summed E-state index contributed by atoms with van der Waals surface area (Å²) in [4.78, 5) is 15.6. The number of hydroxylamine groups is 1. The summed E-state index contributed by atoms with van der Waals surface area (Å²) in [6, 6.07) is 0. The third-order valence-electron chi connectivity index (χ3n) is 1.55. The molecule has 0 bridgehead atoms. The van der Waals surface area contributed by atoms with Gasteiger partial charge in [-0.15, -0.1) is 0 Å². The highest BCUT2D eigenvalue weighted by Crippen LogP contribution is 2.06. The van der Waals surface area contributed by atoms with Gasteiger partial charge >= 0.3 is 0 Å². The number of aliphatic hydroxyl groups excluding tert-OH is 1. The highest BCUT2D eigenvalue weighted by Gasteiger charge is 2.22. The predicted molar refractivity (Wildman–Crippen MR) is 50.1 cm³/mol. The van der Waals surface area contributed by atoms with Gasteiger partial charge in [0.05, 0.1) is 18.8 Å².